The standard InChI is InChI=1S/C14H21F2N/c1-5-8-17-14(4,13(15)16)12-7-6-10(2)9-11(12)3/h6-7,9,13,17H,5,8H2,1-4H3. The van der Waals surface area contributed by atoms with E-state index >= 15 is 0 Å². The maximum Gasteiger partial charge on any atom is 0.260 e. The molecule has 1 aromatic rings. The summed E-state index contributed by atoms with van der Waals surface area (Å²) in [5.41, 5.74) is 1.44. The summed E-state index contributed by atoms with van der Waals surface area (Å²) in [5.74, 6) is 0. The Labute approximate surface area is 102 Å². The molecule has 0 radical (unpaired) electrons. The van der Waals surface area contributed by atoms with Crippen LogP contribution >= 0.6 is 0 Å². The fourth-order valence-corrected chi connectivity index (χ4v) is 2.07. The largest absolute Gasteiger partial charge is 0.303 e. The molecule has 1 nitrogen and oxygen atoms in total. The highest BCUT2D eigenvalue weighted by Gasteiger charge is 2.37. The summed E-state index contributed by atoms with van der Waals surface area (Å²) in [7, 11) is 0. The van der Waals surface area contributed by atoms with E-state index in [1.54, 1.807) is 13.0 Å². The zero-order chi connectivity index (χ0) is 13.1. The third kappa shape index (κ3) is 3.03. The second-order valence-electron chi connectivity index (χ2n) is 4.75. The van der Waals surface area contributed by atoms with Gasteiger partial charge in [-0.25, -0.2) is 8.78 Å². The molecule has 0 bridgehead atoms. The van der Waals surface area contributed by atoms with Crippen molar-refractivity contribution in [3.63, 3.8) is 0 Å². The van der Waals surface area contributed by atoms with Crippen LogP contribution in [0.25, 0.3) is 0 Å². The molecule has 1 unspecified atom stereocenters. The van der Waals surface area contributed by atoms with Crippen LogP contribution in [-0.2, 0) is 5.54 Å². The van der Waals surface area contributed by atoms with Crippen molar-refractivity contribution in [1.29, 1.82) is 0 Å². The van der Waals surface area contributed by atoms with Crippen molar-refractivity contribution in [3.05, 3.63) is 34.9 Å². The maximum atomic E-state index is 13.3. The normalized spacial score (nSPS) is 15.0. The first-order valence-electron chi connectivity index (χ1n) is 6.02. The fraction of sp³-hybridized carbons (Fsp3) is 0.571. The lowest BCUT2D eigenvalue weighted by Crippen LogP contribution is -2.46. The zero-order valence-electron chi connectivity index (χ0n) is 11.0. The lowest BCUT2D eigenvalue weighted by Gasteiger charge is -2.32. The highest BCUT2D eigenvalue weighted by atomic mass is 19.3. The lowest BCUT2D eigenvalue weighted by molar-refractivity contribution is 0.0381. The van der Waals surface area contributed by atoms with Gasteiger partial charge in [0.05, 0.1) is 0 Å². The number of hydrogen-bond acceptors (Lipinski definition) is 1. The maximum absolute atomic E-state index is 13.3. The molecule has 0 aliphatic carbocycles. The molecule has 3 heteroatoms. The van der Waals surface area contributed by atoms with Crippen LogP contribution in [0, 0.1) is 13.8 Å². The van der Waals surface area contributed by atoms with Crippen LogP contribution < -0.4 is 5.32 Å². The van der Waals surface area contributed by atoms with Gasteiger partial charge >= 0.3 is 0 Å². The van der Waals surface area contributed by atoms with E-state index < -0.39 is 12.0 Å². The van der Waals surface area contributed by atoms with E-state index in [1.165, 1.54) is 0 Å². The molecule has 17 heavy (non-hydrogen) atoms. The number of halogens is 2. The molecule has 96 valence electrons. The molecule has 0 aromatic heterocycles. The minimum absolute atomic E-state index is 0.591. The van der Waals surface area contributed by atoms with E-state index in [-0.39, 0.29) is 0 Å². The van der Waals surface area contributed by atoms with Crippen molar-refractivity contribution in [3.8, 4) is 0 Å². The van der Waals surface area contributed by atoms with Gasteiger partial charge in [0.15, 0.2) is 0 Å². The first-order valence-corrected chi connectivity index (χ1v) is 6.02. The van der Waals surface area contributed by atoms with Crippen LogP contribution in [0.15, 0.2) is 18.2 Å². The molecule has 1 N–H and O–H groups in total. The van der Waals surface area contributed by atoms with Crippen LogP contribution in [0.1, 0.15) is 37.0 Å². The monoisotopic (exact) mass is 241 g/mol. The minimum Gasteiger partial charge on any atom is -0.303 e. The summed E-state index contributed by atoms with van der Waals surface area (Å²) in [6.07, 6.45) is -1.58. The molecule has 0 saturated carbocycles. The third-order valence-corrected chi connectivity index (χ3v) is 3.12. The van der Waals surface area contributed by atoms with Crippen molar-refractivity contribution in [2.45, 2.75) is 46.1 Å². The zero-order valence-corrected chi connectivity index (χ0v) is 11.0. The Morgan fingerprint density at radius 2 is 1.94 bits per heavy atom. The molecule has 0 amide bonds. The third-order valence-electron chi connectivity index (χ3n) is 3.12. The summed E-state index contributed by atoms with van der Waals surface area (Å²) in [5, 5.41) is 2.97. The number of hydrogen-bond donors (Lipinski definition) is 1. The van der Waals surface area contributed by atoms with E-state index in [4.69, 9.17) is 0 Å². The van der Waals surface area contributed by atoms with Gasteiger partial charge in [-0.1, -0.05) is 30.7 Å². The van der Waals surface area contributed by atoms with E-state index in [1.807, 2.05) is 32.9 Å². The predicted octanol–water partition coefficient (Wildman–Crippen LogP) is 3.78. The average molecular weight is 241 g/mol. The van der Waals surface area contributed by atoms with Gasteiger partial charge in [-0.15, -0.1) is 0 Å². The topological polar surface area (TPSA) is 12.0 Å². The predicted molar refractivity (Wildman–Crippen MR) is 67.6 cm³/mol. The number of rotatable bonds is 5. The molecular formula is C14H21F2N. The first-order chi connectivity index (χ1) is 7.91. The van der Waals surface area contributed by atoms with Gasteiger partial charge in [-0.2, -0.15) is 0 Å². The molecule has 0 fully saturated rings. The second-order valence-corrected chi connectivity index (χ2v) is 4.75. The Kier molecular flexibility index (Phi) is 4.63. The van der Waals surface area contributed by atoms with Gasteiger partial charge in [-0.05, 0) is 44.9 Å². The quantitative estimate of drug-likeness (QED) is 0.827. The van der Waals surface area contributed by atoms with Crippen molar-refractivity contribution >= 4 is 0 Å². The van der Waals surface area contributed by atoms with Crippen LogP contribution in [0.4, 0.5) is 8.78 Å². The number of alkyl halides is 2. The summed E-state index contributed by atoms with van der Waals surface area (Å²) in [4.78, 5) is 0. The Bertz CT molecular complexity index is 376. The number of benzene rings is 1. The average Bonchev–Trinajstić information content (AvgIpc) is 2.25. The molecular weight excluding hydrogens is 220 g/mol. The summed E-state index contributed by atoms with van der Waals surface area (Å²) in [6, 6.07) is 5.64. The van der Waals surface area contributed by atoms with E-state index in [0.717, 1.165) is 17.5 Å². The smallest absolute Gasteiger partial charge is 0.260 e. The molecule has 0 spiro atoms. The molecule has 0 saturated heterocycles. The van der Waals surface area contributed by atoms with Crippen molar-refractivity contribution in [2.75, 3.05) is 6.54 Å². The van der Waals surface area contributed by atoms with Crippen LogP contribution in [-0.4, -0.2) is 13.0 Å². The van der Waals surface area contributed by atoms with Gasteiger partial charge < -0.3 is 5.32 Å². The SMILES string of the molecule is CCCNC(C)(c1ccc(C)cc1C)C(F)F. The van der Waals surface area contributed by atoms with Crippen LogP contribution in [0.3, 0.4) is 0 Å². The summed E-state index contributed by atoms with van der Waals surface area (Å²) >= 11 is 0. The Hall–Kier alpha value is -0.960. The molecule has 1 aromatic carbocycles. The van der Waals surface area contributed by atoms with Gasteiger partial charge in [-0.3, -0.25) is 0 Å². The molecule has 0 heterocycles. The van der Waals surface area contributed by atoms with Gasteiger partial charge in [0.2, 0.25) is 0 Å². The first kappa shape index (κ1) is 14.1. The van der Waals surface area contributed by atoms with Gasteiger partial charge in [0.25, 0.3) is 6.43 Å². The van der Waals surface area contributed by atoms with Crippen molar-refractivity contribution in [1.82, 2.24) is 5.32 Å². The second kappa shape index (κ2) is 5.58. The van der Waals surface area contributed by atoms with Crippen molar-refractivity contribution in [2.24, 2.45) is 0 Å². The Balaban J connectivity index is 3.13. The lowest BCUT2D eigenvalue weighted by atomic mass is 9.88. The molecule has 0 aliphatic rings. The van der Waals surface area contributed by atoms with E-state index in [2.05, 4.69) is 5.32 Å². The highest BCUT2D eigenvalue weighted by molar-refractivity contribution is 5.36. The highest BCUT2D eigenvalue weighted by Crippen LogP contribution is 2.30. The van der Waals surface area contributed by atoms with E-state index in [9.17, 15) is 8.78 Å². The number of aryl methyl sites for hydroxylation is 2. The fourth-order valence-electron chi connectivity index (χ4n) is 2.07. The Morgan fingerprint density at radius 3 is 2.41 bits per heavy atom. The van der Waals surface area contributed by atoms with Crippen molar-refractivity contribution < 1.29 is 8.78 Å². The molecule has 0 aliphatic heterocycles. The van der Waals surface area contributed by atoms with E-state index in [0.29, 0.717) is 12.1 Å². The number of nitrogens with one attached hydrogen (secondary N) is 1. The minimum atomic E-state index is -2.42. The van der Waals surface area contributed by atoms with Gasteiger partial charge in [0, 0.05) is 0 Å². The van der Waals surface area contributed by atoms with Gasteiger partial charge in [0.1, 0.15) is 5.54 Å². The summed E-state index contributed by atoms with van der Waals surface area (Å²) in [6.45, 7) is 7.99. The Morgan fingerprint density at radius 1 is 1.29 bits per heavy atom. The summed E-state index contributed by atoms with van der Waals surface area (Å²) < 4.78 is 26.6. The van der Waals surface area contributed by atoms with Crippen LogP contribution in [0.2, 0.25) is 0 Å². The van der Waals surface area contributed by atoms with Crippen LogP contribution in [0.5, 0.6) is 0 Å². The molecule has 1 rings (SSSR count). The molecule has 1 atom stereocenters.